The van der Waals surface area contributed by atoms with Crippen molar-refractivity contribution in [3.05, 3.63) is 59.5 Å². The molecular weight excluding hydrogens is 308 g/mol. The molecule has 0 aliphatic carbocycles. The Morgan fingerprint density at radius 2 is 2.08 bits per heavy atom. The summed E-state index contributed by atoms with van der Waals surface area (Å²) in [7, 11) is 3.12. The molecule has 2 aromatic heterocycles. The number of nitrogens with one attached hydrogen (secondary N) is 1. The van der Waals surface area contributed by atoms with E-state index in [0.717, 1.165) is 5.56 Å². The van der Waals surface area contributed by atoms with Crippen LogP contribution in [-0.2, 0) is 16.6 Å². The summed E-state index contributed by atoms with van der Waals surface area (Å²) < 4.78 is 8.24. The SMILES string of the molecule is COC(=O)C(NC(=O)c1cnn2ccn(C)c12)c1cccc(C)c1. The predicted molar refractivity (Wildman–Crippen MR) is 87.6 cm³/mol. The highest BCUT2D eigenvalue weighted by atomic mass is 16.5. The van der Waals surface area contributed by atoms with Gasteiger partial charge in [0.05, 0.1) is 13.3 Å². The maximum absolute atomic E-state index is 12.7. The zero-order chi connectivity index (χ0) is 17.3. The number of carbonyl (C=O) groups excluding carboxylic acids is 2. The van der Waals surface area contributed by atoms with Crippen molar-refractivity contribution in [3.8, 4) is 0 Å². The van der Waals surface area contributed by atoms with Gasteiger partial charge in [-0.3, -0.25) is 4.79 Å². The maximum atomic E-state index is 12.7. The minimum absolute atomic E-state index is 0.385. The Balaban J connectivity index is 1.94. The van der Waals surface area contributed by atoms with Gasteiger partial charge >= 0.3 is 5.97 Å². The van der Waals surface area contributed by atoms with Crippen molar-refractivity contribution in [1.82, 2.24) is 19.5 Å². The molecule has 7 nitrogen and oxygen atoms in total. The molecule has 1 atom stereocenters. The third kappa shape index (κ3) is 2.76. The van der Waals surface area contributed by atoms with Gasteiger partial charge in [0.25, 0.3) is 5.91 Å². The molecule has 1 N–H and O–H groups in total. The molecule has 0 fully saturated rings. The molecule has 0 spiro atoms. The van der Waals surface area contributed by atoms with Crippen molar-refractivity contribution in [2.24, 2.45) is 7.05 Å². The molecular formula is C17H18N4O3. The van der Waals surface area contributed by atoms with Crippen molar-refractivity contribution >= 4 is 17.5 Å². The predicted octanol–water partition coefficient (Wildman–Crippen LogP) is 1.63. The average Bonchev–Trinajstić information content (AvgIpc) is 3.15. The Morgan fingerprint density at radius 1 is 1.29 bits per heavy atom. The van der Waals surface area contributed by atoms with E-state index in [-0.39, 0.29) is 5.91 Å². The van der Waals surface area contributed by atoms with Gasteiger partial charge in [0, 0.05) is 19.4 Å². The number of aromatic nitrogens is 3. The van der Waals surface area contributed by atoms with Crippen LogP contribution in [0, 0.1) is 6.92 Å². The molecule has 3 aromatic rings. The minimum Gasteiger partial charge on any atom is -0.467 e. The molecule has 0 bridgehead atoms. The fraction of sp³-hybridized carbons (Fsp3) is 0.235. The Labute approximate surface area is 138 Å². The third-order valence-corrected chi connectivity index (χ3v) is 3.87. The molecule has 0 aliphatic rings. The standard InChI is InChI=1S/C17H18N4O3/c1-11-5-4-6-12(9-11)14(17(23)24-3)19-15(22)13-10-18-21-8-7-20(2)16(13)21/h4-10,14H,1-3H3,(H,19,22). The van der Waals surface area contributed by atoms with Crippen LogP contribution in [-0.4, -0.2) is 33.2 Å². The fourth-order valence-electron chi connectivity index (χ4n) is 2.67. The highest BCUT2D eigenvalue weighted by Crippen LogP contribution is 2.18. The van der Waals surface area contributed by atoms with Crippen LogP contribution >= 0.6 is 0 Å². The van der Waals surface area contributed by atoms with Crippen LogP contribution in [0.15, 0.2) is 42.9 Å². The molecule has 1 amide bonds. The van der Waals surface area contributed by atoms with Gasteiger partial charge < -0.3 is 14.6 Å². The summed E-state index contributed by atoms with van der Waals surface area (Å²) in [4.78, 5) is 24.8. The smallest absolute Gasteiger partial charge is 0.333 e. The number of fused-ring (bicyclic) bond motifs is 1. The number of hydrogen-bond donors (Lipinski definition) is 1. The molecule has 24 heavy (non-hydrogen) atoms. The number of hydrogen-bond acceptors (Lipinski definition) is 4. The second-order valence-corrected chi connectivity index (χ2v) is 5.58. The van der Waals surface area contributed by atoms with Gasteiger partial charge in [-0.05, 0) is 12.5 Å². The van der Waals surface area contributed by atoms with E-state index in [0.29, 0.717) is 16.8 Å². The van der Waals surface area contributed by atoms with Crippen molar-refractivity contribution in [2.75, 3.05) is 7.11 Å². The van der Waals surface area contributed by atoms with Crippen LogP contribution in [0.3, 0.4) is 0 Å². The zero-order valence-electron chi connectivity index (χ0n) is 13.7. The van der Waals surface area contributed by atoms with E-state index in [4.69, 9.17) is 4.74 Å². The van der Waals surface area contributed by atoms with E-state index in [1.54, 1.807) is 27.5 Å². The number of carbonyl (C=O) groups is 2. The van der Waals surface area contributed by atoms with Crippen LogP contribution in [0.5, 0.6) is 0 Å². The number of methoxy groups -OCH3 is 1. The first-order valence-electron chi connectivity index (χ1n) is 7.45. The number of imidazole rings is 1. The summed E-state index contributed by atoms with van der Waals surface area (Å²) in [6, 6.07) is 6.51. The number of ether oxygens (including phenoxy) is 1. The normalized spacial score (nSPS) is 12.1. The summed E-state index contributed by atoms with van der Waals surface area (Å²) >= 11 is 0. The summed E-state index contributed by atoms with van der Waals surface area (Å²) in [5, 5.41) is 6.88. The third-order valence-electron chi connectivity index (χ3n) is 3.87. The van der Waals surface area contributed by atoms with Crippen LogP contribution < -0.4 is 5.32 Å². The molecule has 1 unspecified atom stereocenters. The minimum atomic E-state index is -0.877. The van der Waals surface area contributed by atoms with Crippen LogP contribution in [0.25, 0.3) is 5.65 Å². The number of aryl methyl sites for hydroxylation is 2. The number of nitrogens with zero attached hydrogens (tertiary/aromatic N) is 3. The van der Waals surface area contributed by atoms with Crippen LogP contribution in [0.1, 0.15) is 27.5 Å². The monoisotopic (exact) mass is 326 g/mol. The van der Waals surface area contributed by atoms with E-state index in [2.05, 4.69) is 10.4 Å². The van der Waals surface area contributed by atoms with Crippen LogP contribution in [0.2, 0.25) is 0 Å². The maximum Gasteiger partial charge on any atom is 0.333 e. The van der Waals surface area contributed by atoms with E-state index in [1.807, 2.05) is 32.2 Å². The van der Waals surface area contributed by atoms with E-state index in [1.165, 1.54) is 13.3 Å². The largest absolute Gasteiger partial charge is 0.467 e. The summed E-state index contributed by atoms with van der Waals surface area (Å²) in [6.07, 6.45) is 5.04. The van der Waals surface area contributed by atoms with Crippen molar-refractivity contribution in [3.63, 3.8) is 0 Å². The Morgan fingerprint density at radius 3 is 2.79 bits per heavy atom. The molecule has 0 aliphatic heterocycles. The molecule has 3 rings (SSSR count). The van der Waals surface area contributed by atoms with E-state index < -0.39 is 12.0 Å². The number of esters is 1. The molecule has 7 heteroatoms. The Kier molecular flexibility index (Phi) is 4.07. The summed E-state index contributed by atoms with van der Waals surface area (Å²) in [6.45, 7) is 1.92. The Bertz CT molecular complexity index is 910. The number of rotatable bonds is 4. The lowest BCUT2D eigenvalue weighted by Crippen LogP contribution is -2.34. The number of benzene rings is 1. The van der Waals surface area contributed by atoms with Crippen LogP contribution in [0.4, 0.5) is 0 Å². The van der Waals surface area contributed by atoms with Gasteiger partial charge in [0.1, 0.15) is 11.2 Å². The topological polar surface area (TPSA) is 77.6 Å². The van der Waals surface area contributed by atoms with E-state index >= 15 is 0 Å². The van der Waals surface area contributed by atoms with Gasteiger partial charge in [0.15, 0.2) is 6.04 Å². The highest BCUT2D eigenvalue weighted by molar-refractivity contribution is 6.01. The lowest BCUT2D eigenvalue weighted by molar-refractivity contribution is -0.143. The fourth-order valence-corrected chi connectivity index (χ4v) is 2.67. The summed E-state index contributed by atoms with van der Waals surface area (Å²) in [5.41, 5.74) is 2.71. The highest BCUT2D eigenvalue weighted by Gasteiger charge is 2.26. The summed E-state index contributed by atoms with van der Waals surface area (Å²) in [5.74, 6) is -0.909. The van der Waals surface area contributed by atoms with Gasteiger partial charge in [0.2, 0.25) is 0 Å². The first kappa shape index (κ1) is 15.8. The lowest BCUT2D eigenvalue weighted by Gasteiger charge is -2.17. The quantitative estimate of drug-likeness (QED) is 0.739. The van der Waals surface area contributed by atoms with Crippen molar-refractivity contribution in [1.29, 1.82) is 0 Å². The number of amides is 1. The second kappa shape index (κ2) is 6.19. The molecule has 0 saturated heterocycles. The molecule has 2 heterocycles. The van der Waals surface area contributed by atoms with Gasteiger partial charge in [-0.2, -0.15) is 5.10 Å². The molecule has 0 saturated carbocycles. The van der Waals surface area contributed by atoms with Crippen molar-refractivity contribution in [2.45, 2.75) is 13.0 Å². The Hall–Kier alpha value is -3.09. The van der Waals surface area contributed by atoms with Gasteiger partial charge in [-0.25, -0.2) is 9.31 Å². The first-order valence-corrected chi connectivity index (χ1v) is 7.45. The van der Waals surface area contributed by atoms with E-state index in [9.17, 15) is 9.59 Å². The van der Waals surface area contributed by atoms with Gasteiger partial charge in [-0.15, -0.1) is 0 Å². The molecule has 1 aromatic carbocycles. The average molecular weight is 326 g/mol. The zero-order valence-corrected chi connectivity index (χ0v) is 13.7. The van der Waals surface area contributed by atoms with Gasteiger partial charge in [-0.1, -0.05) is 29.8 Å². The molecule has 124 valence electrons. The van der Waals surface area contributed by atoms with Crippen molar-refractivity contribution < 1.29 is 14.3 Å². The molecule has 0 radical (unpaired) electrons. The first-order chi connectivity index (χ1) is 11.5. The lowest BCUT2D eigenvalue weighted by atomic mass is 10.0. The second-order valence-electron chi connectivity index (χ2n) is 5.58.